The Kier molecular flexibility index (Phi) is 3.83. The van der Waals surface area contributed by atoms with E-state index in [1.54, 1.807) is 0 Å². The average Bonchev–Trinajstić information content (AvgIpc) is 2.39. The fraction of sp³-hybridized carbons (Fsp3) is 0.176. The Morgan fingerprint density at radius 2 is 1.56 bits per heavy atom. The molecule has 0 aliphatic carbocycles. The van der Waals surface area contributed by atoms with Gasteiger partial charge in [0.2, 0.25) is 0 Å². The first-order chi connectivity index (χ1) is 8.66. The van der Waals surface area contributed by atoms with E-state index in [1.165, 1.54) is 16.7 Å². The number of rotatable bonds is 4. The summed E-state index contributed by atoms with van der Waals surface area (Å²) < 4.78 is 0. The van der Waals surface area contributed by atoms with E-state index >= 15 is 0 Å². The van der Waals surface area contributed by atoms with Crippen molar-refractivity contribution in [3.63, 3.8) is 0 Å². The van der Waals surface area contributed by atoms with Crippen LogP contribution in [0.3, 0.4) is 0 Å². The van der Waals surface area contributed by atoms with Gasteiger partial charge in [-0.25, -0.2) is 0 Å². The lowest BCUT2D eigenvalue weighted by Gasteiger charge is -2.11. The minimum absolute atomic E-state index is 0.245. The smallest absolute Gasteiger partial charge is 0.0857 e. The molecule has 2 aromatic rings. The van der Waals surface area contributed by atoms with Crippen molar-refractivity contribution >= 4 is 0 Å². The van der Waals surface area contributed by atoms with E-state index in [9.17, 15) is 5.11 Å². The fourth-order valence-corrected chi connectivity index (χ4v) is 2.11. The fourth-order valence-electron chi connectivity index (χ4n) is 2.11. The highest BCUT2D eigenvalue weighted by atomic mass is 16.3. The van der Waals surface area contributed by atoms with Gasteiger partial charge in [0.05, 0.1) is 5.76 Å². The van der Waals surface area contributed by atoms with E-state index in [4.69, 9.17) is 0 Å². The highest BCUT2D eigenvalue weighted by Crippen LogP contribution is 2.25. The first kappa shape index (κ1) is 12.4. The van der Waals surface area contributed by atoms with Crippen molar-refractivity contribution in [3.8, 4) is 11.1 Å². The van der Waals surface area contributed by atoms with Gasteiger partial charge in [-0.1, -0.05) is 68.1 Å². The highest BCUT2D eigenvalue weighted by Gasteiger charge is 2.07. The molecule has 0 aliphatic heterocycles. The lowest BCUT2D eigenvalue weighted by Crippen LogP contribution is -1.94. The van der Waals surface area contributed by atoms with Gasteiger partial charge < -0.3 is 5.11 Å². The summed E-state index contributed by atoms with van der Waals surface area (Å²) in [6, 6.07) is 18.8. The van der Waals surface area contributed by atoms with Crippen LogP contribution in [0.2, 0.25) is 0 Å². The molecule has 0 bridgehead atoms. The van der Waals surface area contributed by atoms with Gasteiger partial charge in [0.15, 0.2) is 0 Å². The van der Waals surface area contributed by atoms with Crippen molar-refractivity contribution in [2.75, 3.05) is 0 Å². The lowest BCUT2D eigenvalue weighted by molar-refractivity contribution is 0.380. The second-order valence-electron chi connectivity index (χ2n) is 4.66. The molecule has 0 amide bonds. The zero-order valence-corrected chi connectivity index (χ0v) is 10.6. The number of hydrogen-bond acceptors (Lipinski definition) is 1. The van der Waals surface area contributed by atoms with Gasteiger partial charge in [-0.2, -0.15) is 0 Å². The summed E-state index contributed by atoms with van der Waals surface area (Å²) in [5, 5.41) is 9.22. The first-order valence-electron chi connectivity index (χ1n) is 6.19. The summed E-state index contributed by atoms with van der Waals surface area (Å²) in [5.74, 6) is 0.543. The van der Waals surface area contributed by atoms with Crippen molar-refractivity contribution in [2.24, 2.45) is 0 Å². The van der Waals surface area contributed by atoms with Gasteiger partial charge in [-0.3, -0.25) is 0 Å². The summed E-state index contributed by atoms with van der Waals surface area (Å²) in [5.41, 5.74) is 3.67. The maximum Gasteiger partial charge on any atom is 0.0857 e. The highest BCUT2D eigenvalue weighted by molar-refractivity contribution is 5.63. The largest absolute Gasteiger partial charge is 0.513 e. The van der Waals surface area contributed by atoms with Crippen molar-refractivity contribution in [1.29, 1.82) is 0 Å². The molecule has 0 radical (unpaired) electrons. The zero-order chi connectivity index (χ0) is 13.0. The van der Waals surface area contributed by atoms with Gasteiger partial charge in [0.25, 0.3) is 0 Å². The molecule has 2 rings (SSSR count). The summed E-state index contributed by atoms with van der Waals surface area (Å²) in [4.78, 5) is 0. The first-order valence-corrected chi connectivity index (χ1v) is 6.19. The molecule has 0 fully saturated rings. The monoisotopic (exact) mass is 238 g/mol. The molecule has 1 N–H and O–H groups in total. The number of aliphatic hydroxyl groups is 1. The zero-order valence-electron chi connectivity index (χ0n) is 10.6. The maximum atomic E-state index is 9.22. The van der Waals surface area contributed by atoms with Crippen molar-refractivity contribution in [3.05, 3.63) is 72.5 Å². The van der Waals surface area contributed by atoms with E-state index in [0.29, 0.717) is 12.3 Å². The molecule has 18 heavy (non-hydrogen) atoms. The lowest BCUT2D eigenvalue weighted by atomic mass is 9.95. The summed E-state index contributed by atoms with van der Waals surface area (Å²) in [6.45, 7) is 5.64. The predicted octanol–water partition coefficient (Wildman–Crippen LogP) is 4.92. The predicted molar refractivity (Wildman–Crippen MR) is 76.7 cm³/mol. The van der Waals surface area contributed by atoms with Crippen molar-refractivity contribution in [1.82, 2.24) is 0 Å². The van der Waals surface area contributed by atoms with Crippen LogP contribution in [0.25, 0.3) is 11.1 Å². The molecule has 2 aromatic carbocycles. The van der Waals surface area contributed by atoms with Crippen LogP contribution < -0.4 is 0 Å². The molecular formula is C17H18O. The Hall–Kier alpha value is -2.02. The molecule has 0 spiro atoms. The quantitative estimate of drug-likeness (QED) is 0.750. The number of allylic oxidation sites excluding steroid dienone is 1. The van der Waals surface area contributed by atoms with E-state index in [-0.39, 0.29) is 5.76 Å². The molecule has 0 aliphatic rings. The van der Waals surface area contributed by atoms with Gasteiger partial charge in [0.1, 0.15) is 0 Å². The van der Waals surface area contributed by atoms with Crippen LogP contribution in [0.15, 0.2) is 66.9 Å². The number of hydrogen-bond donors (Lipinski definition) is 1. The van der Waals surface area contributed by atoms with E-state index in [0.717, 1.165) is 0 Å². The molecule has 0 aromatic heterocycles. The standard InChI is InChI=1S/C17H18O/c1-13(12-14(2)18)15-8-10-17(11-9-15)16-6-4-3-5-7-16/h3-11,13,18H,2,12H2,1H3. The third kappa shape index (κ3) is 3.01. The molecule has 0 saturated carbocycles. The molecule has 1 atom stereocenters. The Morgan fingerprint density at radius 1 is 1.00 bits per heavy atom. The average molecular weight is 238 g/mol. The minimum atomic E-state index is 0.245. The third-order valence-corrected chi connectivity index (χ3v) is 3.13. The Labute approximate surface area is 108 Å². The topological polar surface area (TPSA) is 20.2 Å². The number of aliphatic hydroxyl groups excluding tert-OH is 1. The molecule has 92 valence electrons. The van der Waals surface area contributed by atoms with Crippen LogP contribution in [0.4, 0.5) is 0 Å². The van der Waals surface area contributed by atoms with Gasteiger partial charge in [0, 0.05) is 6.42 Å². The van der Waals surface area contributed by atoms with Crippen LogP contribution in [0, 0.1) is 0 Å². The van der Waals surface area contributed by atoms with Crippen LogP contribution in [-0.2, 0) is 0 Å². The van der Waals surface area contributed by atoms with Crippen LogP contribution in [-0.4, -0.2) is 5.11 Å². The van der Waals surface area contributed by atoms with Crippen LogP contribution in [0.5, 0.6) is 0 Å². The van der Waals surface area contributed by atoms with Gasteiger partial charge >= 0.3 is 0 Å². The maximum absolute atomic E-state index is 9.22. The summed E-state index contributed by atoms with van der Waals surface area (Å²) >= 11 is 0. The Bertz CT molecular complexity index is 511. The van der Waals surface area contributed by atoms with E-state index in [2.05, 4.69) is 49.9 Å². The molecular weight excluding hydrogens is 220 g/mol. The molecule has 0 saturated heterocycles. The molecule has 0 heterocycles. The van der Waals surface area contributed by atoms with Crippen molar-refractivity contribution < 1.29 is 5.11 Å². The Balaban J connectivity index is 2.18. The molecule has 1 nitrogen and oxygen atoms in total. The normalized spacial score (nSPS) is 12.1. The molecule has 1 unspecified atom stereocenters. The van der Waals surface area contributed by atoms with Crippen LogP contribution >= 0.6 is 0 Å². The van der Waals surface area contributed by atoms with E-state index < -0.39 is 0 Å². The summed E-state index contributed by atoms with van der Waals surface area (Å²) in [6.07, 6.45) is 0.616. The molecule has 1 heteroatoms. The van der Waals surface area contributed by atoms with Crippen molar-refractivity contribution in [2.45, 2.75) is 19.3 Å². The van der Waals surface area contributed by atoms with Gasteiger partial charge in [-0.05, 0) is 22.6 Å². The van der Waals surface area contributed by atoms with Gasteiger partial charge in [-0.15, -0.1) is 0 Å². The minimum Gasteiger partial charge on any atom is -0.513 e. The number of benzene rings is 2. The summed E-state index contributed by atoms with van der Waals surface area (Å²) in [7, 11) is 0. The second-order valence-corrected chi connectivity index (χ2v) is 4.66. The van der Waals surface area contributed by atoms with Crippen LogP contribution in [0.1, 0.15) is 24.8 Å². The van der Waals surface area contributed by atoms with E-state index in [1.807, 2.05) is 18.2 Å². The SMILES string of the molecule is C=C(O)CC(C)c1ccc(-c2ccccc2)cc1. The Morgan fingerprint density at radius 3 is 2.11 bits per heavy atom. The third-order valence-electron chi connectivity index (χ3n) is 3.13. The second kappa shape index (κ2) is 5.54.